The monoisotopic (exact) mass is 600 g/mol. The molecule has 9 heteroatoms. The molecule has 0 saturated heterocycles. The quantitative estimate of drug-likeness (QED) is 0.221. The second-order valence-corrected chi connectivity index (χ2v) is 13.9. The Morgan fingerprint density at radius 1 is 0.897 bits per heavy atom. The van der Waals surface area contributed by atoms with Crippen LogP contribution in [0.5, 0.6) is 0 Å². The van der Waals surface area contributed by atoms with Crippen molar-refractivity contribution in [3.63, 3.8) is 0 Å². The Kier molecular flexibility index (Phi) is 7.98. The second-order valence-electron chi connectivity index (χ2n) is 9.65. The number of ketones is 1. The molecule has 202 valence electrons. The summed E-state index contributed by atoms with van der Waals surface area (Å²) in [5.74, 6) is -2.26. The molecule has 2 heterocycles. The zero-order valence-corrected chi connectivity index (χ0v) is 24.4. The summed E-state index contributed by atoms with van der Waals surface area (Å²) >= 11 is 13.7. The molecule has 0 radical (unpaired) electrons. The number of rotatable bonds is 6. The first kappa shape index (κ1) is 28.0. The van der Waals surface area contributed by atoms with Gasteiger partial charge in [0.05, 0.1) is 6.61 Å². The van der Waals surface area contributed by atoms with Gasteiger partial charge in [-0.3, -0.25) is 9.59 Å². The van der Waals surface area contributed by atoms with E-state index in [9.17, 15) is 18.0 Å². The van der Waals surface area contributed by atoms with Crippen molar-refractivity contribution in [2.45, 2.75) is 41.9 Å². The van der Waals surface area contributed by atoms with Crippen LogP contribution in [0.2, 0.25) is 10.0 Å². The Bertz CT molecular complexity index is 1550. The van der Waals surface area contributed by atoms with Crippen LogP contribution in [-0.2, 0) is 19.4 Å². The van der Waals surface area contributed by atoms with E-state index in [2.05, 4.69) is 0 Å². The Morgan fingerprint density at radius 3 is 2.05 bits per heavy atom. The van der Waals surface area contributed by atoms with Crippen LogP contribution < -0.4 is 0 Å². The van der Waals surface area contributed by atoms with Crippen LogP contribution >= 0.6 is 35.0 Å². The first-order chi connectivity index (χ1) is 18.6. The fraction of sp³-hybridized carbons (Fsp3) is 0.267. The van der Waals surface area contributed by atoms with Crippen molar-refractivity contribution in [2.75, 3.05) is 6.61 Å². The summed E-state index contributed by atoms with van der Waals surface area (Å²) < 4.78 is 34.1. The molecule has 0 aromatic heterocycles. The van der Waals surface area contributed by atoms with Crippen molar-refractivity contribution >= 4 is 56.6 Å². The van der Waals surface area contributed by atoms with E-state index in [0.717, 1.165) is 16.0 Å². The Labute approximate surface area is 242 Å². The number of thioether (sulfide) groups is 1. The van der Waals surface area contributed by atoms with Gasteiger partial charge >= 0.3 is 5.97 Å². The van der Waals surface area contributed by atoms with Crippen LogP contribution in [0.4, 0.5) is 0 Å². The molecule has 0 fully saturated rings. The minimum Gasteiger partial charge on any atom is -0.465 e. The molecule has 0 unspecified atom stereocenters. The molecule has 0 amide bonds. The van der Waals surface area contributed by atoms with E-state index in [-0.39, 0.29) is 17.4 Å². The Balaban J connectivity index is 1.71. The molecule has 0 spiro atoms. The SMILES string of the molecule is CCOC(=O)[C@H]1[C@H](c2ccc(Cl)cc2)C2=C(C[C@@H](c3ccc(C)cc3)S2)[C@H](C(=O)c2ccc(Cl)cc2)S1(=O)=O. The first-order valence-corrected chi connectivity index (χ1v) is 15.8. The van der Waals surface area contributed by atoms with Gasteiger partial charge < -0.3 is 4.74 Å². The second kappa shape index (κ2) is 11.1. The molecule has 5 nitrogen and oxygen atoms in total. The lowest BCUT2D eigenvalue weighted by Crippen LogP contribution is -2.49. The Morgan fingerprint density at radius 2 is 1.46 bits per heavy atom. The highest BCUT2D eigenvalue weighted by Gasteiger charge is 2.57. The highest BCUT2D eigenvalue weighted by Crippen LogP contribution is 2.59. The van der Waals surface area contributed by atoms with Gasteiger partial charge in [-0.05, 0) is 78.3 Å². The van der Waals surface area contributed by atoms with E-state index in [4.69, 9.17) is 27.9 Å². The lowest BCUT2D eigenvalue weighted by atomic mass is 9.88. The van der Waals surface area contributed by atoms with E-state index in [1.54, 1.807) is 43.3 Å². The molecule has 39 heavy (non-hydrogen) atoms. The average Bonchev–Trinajstić information content (AvgIpc) is 3.33. The third-order valence-corrected chi connectivity index (χ3v) is 11.5. The van der Waals surface area contributed by atoms with E-state index in [0.29, 0.717) is 27.6 Å². The van der Waals surface area contributed by atoms with Crippen LogP contribution in [0, 0.1) is 6.92 Å². The fourth-order valence-corrected chi connectivity index (χ4v) is 9.69. The van der Waals surface area contributed by atoms with Crippen molar-refractivity contribution in [3.8, 4) is 0 Å². The molecule has 2 aliphatic rings. The minimum absolute atomic E-state index is 0.0129. The van der Waals surface area contributed by atoms with Gasteiger partial charge in [0, 0.05) is 26.8 Å². The molecule has 0 N–H and O–H groups in total. The molecule has 3 aromatic carbocycles. The predicted molar refractivity (Wildman–Crippen MR) is 156 cm³/mol. The Hall–Kier alpha value is -2.58. The van der Waals surface area contributed by atoms with E-state index in [1.165, 1.54) is 23.9 Å². The third-order valence-electron chi connectivity index (χ3n) is 7.14. The molecular formula is C30H26Cl2O5S2. The van der Waals surface area contributed by atoms with Gasteiger partial charge in [-0.15, -0.1) is 11.8 Å². The zero-order chi connectivity index (χ0) is 27.9. The number of allylic oxidation sites excluding steroid dienone is 1. The van der Waals surface area contributed by atoms with Crippen LogP contribution in [0.3, 0.4) is 0 Å². The van der Waals surface area contributed by atoms with Gasteiger partial charge in [0.1, 0.15) is 5.25 Å². The predicted octanol–water partition coefficient (Wildman–Crippen LogP) is 7.13. The highest BCUT2D eigenvalue weighted by atomic mass is 35.5. The largest absolute Gasteiger partial charge is 0.465 e. The van der Waals surface area contributed by atoms with Crippen LogP contribution in [0.15, 0.2) is 83.3 Å². The maximum atomic E-state index is 14.4. The van der Waals surface area contributed by atoms with Crippen LogP contribution in [0.1, 0.15) is 51.6 Å². The van der Waals surface area contributed by atoms with E-state index >= 15 is 0 Å². The lowest BCUT2D eigenvalue weighted by Gasteiger charge is -2.35. The topological polar surface area (TPSA) is 77.5 Å². The molecule has 2 aliphatic heterocycles. The summed E-state index contributed by atoms with van der Waals surface area (Å²) in [7, 11) is -4.38. The first-order valence-electron chi connectivity index (χ1n) is 12.5. The van der Waals surface area contributed by atoms with Gasteiger partial charge in [0.15, 0.2) is 20.9 Å². The summed E-state index contributed by atoms with van der Waals surface area (Å²) in [6.07, 6.45) is 0.367. The van der Waals surface area contributed by atoms with Crippen molar-refractivity contribution in [2.24, 2.45) is 0 Å². The van der Waals surface area contributed by atoms with Crippen molar-refractivity contribution in [3.05, 3.63) is 116 Å². The van der Waals surface area contributed by atoms with E-state index in [1.807, 2.05) is 31.2 Å². The minimum atomic E-state index is -4.38. The molecule has 0 bridgehead atoms. The number of halogens is 2. The van der Waals surface area contributed by atoms with Gasteiger partial charge in [0.25, 0.3) is 0 Å². The molecule has 0 saturated carbocycles. The molecular weight excluding hydrogens is 575 g/mol. The summed E-state index contributed by atoms with van der Waals surface area (Å²) in [4.78, 5) is 28.1. The summed E-state index contributed by atoms with van der Waals surface area (Å²) in [5.41, 5.74) is 3.52. The number of sulfone groups is 1. The van der Waals surface area contributed by atoms with Crippen molar-refractivity contribution in [1.82, 2.24) is 0 Å². The van der Waals surface area contributed by atoms with Gasteiger partial charge in [-0.25, -0.2) is 8.42 Å². The number of carbonyl (C=O) groups excluding carboxylic acids is 2. The maximum Gasteiger partial charge on any atom is 0.325 e. The summed E-state index contributed by atoms with van der Waals surface area (Å²) in [6, 6.07) is 21.0. The summed E-state index contributed by atoms with van der Waals surface area (Å²) in [6.45, 7) is 3.64. The number of hydrogen-bond acceptors (Lipinski definition) is 6. The fourth-order valence-electron chi connectivity index (χ4n) is 5.28. The maximum absolute atomic E-state index is 14.4. The average molecular weight is 602 g/mol. The van der Waals surface area contributed by atoms with Crippen molar-refractivity contribution in [1.29, 1.82) is 0 Å². The number of ether oxygens (including phenoxy) is 1. The molecule has 0 aliphatic carbocycles. The highest BCUT2D eigenvalue weighted by molar-refractivity contribution is 8.04. The standard InChI is InChI=1S/C30H26Cl2O5S2/c1-3-37-30(34)29-25(19-8-12-21(31)13-9-19)27-23(16-24(38-27)18-6-4-17(2)5-7-18)28(39(29,35)36)26(33)20-10-14-22(32)15-11-20/h4-15,24-25,28-29H,3,16H2,1-2H3/t24-,25+,28+,29+/m0/s1. The number of esters is 1. The normalized spacial score (nSPS) is 23.8. The summed E-state index contributed by atoms with van der Waals surface area (Å²) in [5, 5.41) is -2.27. The smallest absolute Gasteiger partial charge is 0.325 e. The molecule has 3 aromatic rings. The zero-order valence-electron chi connectivity index (χ0n) is 21.3. The van der Waals surface area contributed by atoms with Gasteiger partial charge in [-0.1, -0.05) is 65.2 Å². The van der Waals surface area contributed by atoms with Gasteiger partial charge in [-0.2, -0.15) is 0 Å². The number of benzene rings is 3. The number of Topliss-reactive ketones (excluding diaryl/α,β-unsaturated/α-hetero) is 1. The van der Waals surface area contributed by atoms with E-state index < -0.39 is 38.0 Å². The van der Waals surface area contributed by atoms with Crippen LogP contribution in [-0.4, -0.2) is 37.3 Å². The van der Waals surface area contributed by atoms with Crippen molar-refractivity contribution < 1.29 is 22.7 Å². The molecule has 5 rings (SSSR count). The number of hydrogen-bond donors (Lipinski definition) is 0. The van der Waals surface area contributed by atoms with Crippen LogP contribution in [0.25, 0.3) is 0 Å². The number of carbonyl (C=O) groups is 2. The number of aryl methyl sites for hydroxylation is 1. The van der Waals surface area contributed by atoms with Gasteiger partial charge in [0.2, 0.25) is 0 Å². The lowest BCUT2D eigenvalue weighted by molar-refractivity contribution is -0.142. The molecule has 4 atom stereocenters. The third kappa shape index (κ3) is 5.30.